The molecule has 0 saturated carbocycles. The van der Waals surface area contributed by atoms with E-state index in [0.29, 0.717) is 5.69 Å². The topological polar surface area (TPSA) is 65.5 Å². The van der Waals surface area contributed by atoms with Gasteiger partial charge in [0.25, 0.3) is 0 Å². The van der Waals surface area contributed by atoms with Crippen molar-refractivity contribution in [1.82, 2.24) is 4.98 Å². The summed E-state index contributed by atoms with van der Waals surface area (Å²) in [6.07, 6.45) is 3.56. The van der Waals surface area contributed by atoms with Crippen molar-refractivity contribution in [3.63, 3.8) is 0 Å². The SMILES string of the molecule is CC(=O)OC=CC(OC(C)=O)c1ccccn1. The first-order chi connectivity index (χ1) is 8.09. The minimum atomic E-state index is -0.659. The lowest BCUT2D eigenvalue weighted by molar-refractivity contribution is -0.144. The van der Waals surface area contributed by atoms with E-state index < -0.39 is 18.0 Å². The standard InChI is InChI=1S/C12H13NO4/c1-9(14)16-8-6-12(17-10(2)15)11-5-3-4-7-13-11/h3-8,12H,1-2H3. The third-order valence-corrected chi connectivity index (χ3v) is 1.76. The van der Waals surface area contributed by atoms with Gasteiger partial charge in [0.2, 0.25) is 0 Å². The van der Waals surface area contributed by atoms with Gasteiger partial charge in [-0.2, -0.15) is 0 Å². The summed E-state index contributed by atoms with van der Waals surface area (Å²) in [6, 6.07) is 5.24. The Morgan fingerprint density at radius 2 is 2.06 bits per heavy atom. The number of ether oxygens (including phenoxy) is 2. The predicted octanol–water partition coefficient (Wildman–Crippen LogP) is 1.76. The van der Waals surface area contributed by atoms with E-state index in [0.717, 1.165) is 0 Å². The summed E-state index contributed by atoms with van der Waals surface area (Å²) in [5.41, 5.74) is 0.561. The Hall–Kier alpha value is -2.17. The molecule has 0 bridgehead atoms. The van der Waals surface area contributed by atoms with Gasteiger partial charge in [-0.1, -0.05) is 6.07 Å². The van der Waals surface area contributed by atoms with Crippen LogP contribution in [0.3, 0.4) is 0 Å². The molecule has 1 atom stereocenters. The third kappa shape index (κ3) is 4.92. The molecule has 0 N–H and O–H groups in total. The second-order valence-electron chi connectivity index (χ2n) is 3.22. The second kappa shape index (κ2) is 6.42. The Morgan fingerprint density at radius 1 is 1.29 bits per heavy atom. The van der Waals surface area contributed by atoms with Gasteiger partial charge in [0.1, 0.15) is 0 Å². The van der Waals surface area contributed by atoms with Crippen LogP contribution in [-0.2, 0) is 19.1 Å². The van der Waals surface area contributed by atoms with Gasteiger partial charge in [-0.3, -0.25) is 14.6 Å². The molecule has 5 heteroatoms. The molecule has 0 saturated heterocycles. The Bertz CT molecular complexity index is 414. The number of aromatic nitrogens is 1. The van der Waals surface area contributed by atoms with Gasteiger partial charge in [0.05, 0.1) is 12.0 Å². The summed E-state index contributed by atoms with van der Waals surface area (Å²) >= 11 is 0. The van der Waals surface area contributed by atoms with Gasteiger partial charge in [-0.05, 0) is 18.2 Å². The first kappa shape index (κ1) is 12.9. The molecule has 1 aromatic rings. The summed E-state index contributed by atoms with van der Waals surface area (Å²) in [6.45, 7) is 2.58. The van der Waals surface area contributed by atoms with Crippen LogP contribution in [0.1, 0.15) is 25.6 Å². The summed E-state index contributed by atoms with van der Waals surface area (Å²) < 4.78 is 9.68. The molecule has 1 unspecified atom stereocenters. The van der Waals surface area contributed by atoms with Crippen LogP contribution in [0.15, 0.2) is 36.7 Å². The molecule has 5 nitrogen and oxygen atoms in total. The van der Waals surface area contributed by atoms with E-state index in [1.807, 2.05) is 0 Å². The molecule has 0 aromatic carbocycles. The quantitative estimate of drug-likeness (QED) is 0.587. The van der Waals surface area contributed by atoms with Gasteiger partial charge >= 0.3 is 11.9 Å². The van der Waals surface area contributed by atoms with E-state index >= 15 is 0 Å². The molecule has 0 aliphatic rings. The second-order valence-corrected chi connectivity index (χ2v) is 3.22. The van der Waals surface area contributed by atoms with Crippen molar-refractivity contribution in [2.75, 3.05) is 0 Å². The van der Waals surface area contributed by atoms with E-state index in [4.69, 9.17) is 4.74 Å². The first-order valence-electron chi connectivity index (χ1n) is 5.01. The third-order valence-electron chi connectivity index (χ3n) is 1.76. The molecular weight excluding hydrogens is 222 g/mol. The van der Waals surface area contributed by atoms with Gasteiger partial charge < -0.3 is 9.47 Å². The fraction of sp³-hybridized carbons (Fsp3) is 0.250. The molecule has 0 aliphatic heterocycles. The molecule has 1 heterocycles. The summed E-state index contributed by atoms with van der Waals surface area (Å²) in [7, 11) is 0. The Balaban J connectivity index is 2.77. The maximum absolute atomic E-state index is 10.9. The van der Waals surface area contributed by atoms with Crippen LogP contribution in [0.25, 0.3) is 0 Å². The first-order valence-corrected chi connectivity index (χ1v) is 5.01. The van der Waals surface area contributed by atoms with Gasteiger partial charge in [-0.15, -0.1) is 0 Å². The average molecular weight is 235 g/mol. The van der Waals surface area contributed by atoms with E-state index in [-0.39, 0.29) is 0 Å². The monoisotopic (exact) mass is 235 g/mol. The van der Waals surface area contributed by atoms with Gasteiger partial charge in [0.15, 0.2) is 6.10 Å². The Kier molecular flexibility index (Phi) is 4.87. The van der Waals surface area contributed by atoms with Crippen molar-refractivity contribution >= 4 is 11.9 Å². The normalized spacial score (nSPS) is 12.1. The Labute approximate surface area is 99.1 Å². The molecule has 0 radical (unpaired) electrons. The van der Waals surface area contributed by atoms with Crippen molar-refractivity contribution < 1.29 is 19.1 Å². The van der Waals surface area contributed by atoms with Crippen LogP contribution in [0.5, 0.6) is 0 Å². The summed E-state index contributed by atoms with van der Waals surface area (Å²) in [4.78, 5) is 25.6. The zero-order chi connectivity index (χ0) is 12.7. The minimum absolute atomic E-state index is 0.437. The van der Waals surface area contributed by atoms with Crippen LogP contribution < -0.4 is 0 Å². The molecule has 0 fully saturated rings. The number of pyridine rings is 1. The Morgan fingerprint density at radius 3 is 2.59 bits per heavy atom. The van der Waals surface area contributed by atoms with Crippen LogP contribution in [0.4, 0.5) is 0 Å². The number of hydrogen-bond acceptors (Lipinski definition) is 5. The highest BCUT2D eigenvalue weighted by Gasteiger charge is 2.12. The van der Waals surface area contributed by atoms with Crippen LogP contribution >= 0.6 is 0 Å². The lowest BCUT2D eigenvalue weighted by Crippen LogP contribution is -2.08. The van der Waals surface area contributed by atoms with E-state index in [2.05, 4.69) is 9.72 Å². The number of carbonyl (C=O) groups is 2. The maximum atomic E-state index is 10.9. The van der Waals surface area contributed by atoms with Crippen molar-refractivity contribution in [2.45, 2.75) is 20.0 Å². The number of hydrogen-bond donors (Lipinski definition) is 0. The number of esters is 2. The number of rotatable bonds is 4. The van der Waals surface area contributed by atoms with E-state index in [1.165, 1.54) is 26.2 Å². The molecule has 1 aromatic heterocycles. The highest BCUT2D eigenvalue weighted by Crippen LogP contribution is 2.16. The van der Waals surface area contributed by atoms with Gasteiger partial charge in [-0.25, -0.2) is 0 Å². The lowest BCUT2D eigenvalue weighted by atomic mass is 10.2. The van der Waals surface area contributed by atoms with E-state index in [1.54, 1.807) is 24.4 Å². The average Bonchev–Trinajstić information content (AvgIpc) is 2.28. The molecule has 0 aliphatic carbocycles. The fourth-order valence-electron chi connectivity index (χ4n) is 1.13. The predicted molar refractivity (Wildman–Crippen MR) is 59.7 cm³/mol. The van der Waals surface area contributed by atoms with Crippen molar-refractivity contribution in [3.05, 3.63) is 42.4 Å². The summed E-state index contributed by atoms with van der Waals surface area (Å²) in [5.74, 6) is -0.878. The zero-order valence-electron chi connectivity index (χ0n) is 9.62. The van der Waals surface area contributed by atoms with Crippen molar-refractivity contribution in [1.29, 1.82) is 0 Å². The number of carbonyl (C=O) groups excluding carboxylic acids is 2. The van der Waals surface area contributed by atoms with Gasteiger partial charge in [0, 0.05) is 20.0 Å². The fourth-order valence-corrected chi connectivity index (χ4v) is 1.13. The van der Waals surface area contributed by atoms with Crippen molar-refractivity contribution in [2.24, 2.45) is 0 Å². The zero-order valence-corrected chi connectivity index (χ0v) is 9.62. The van der Waals surface area contributed by atoms with E-state index in [9.17, 15) is 9.59 Å². The van der Waals surface area contributed by atoms with Crippen LogP contribution in [0, 0.1) is 0 Å². The molecule has 0 amide bonds. The van der Waals surface area contributed by atoms with Crippen LogP contribution in [-0.4, -0.2) is 16.9 Å². The molecule has 0 spiro atoms. The minimum Gasteiger partial charge on any atom is -0.452 e. The van der Waals surface area contributed by atoms with Crippen LogP contribution in [0.2, 0.25) is 0 Å². The molecule has 90 valence electrons. The molecule has 1 rings (SSSR count). The molecule has 17 heavy (non-hydrogen) atoms. The van der Waals surface area contributed by atoms with Crippen molar-refractivity contribution in [3.8, 4) is 0 Å². The lowest BCUT2D eigenvalue weighted by Gasteiger charge is -2.11. The maximum Gasteiger partial charge on any atom is 0.307 e. The molecular formula is C12H13NO4. The number of nitrogens with zero attached hydrogens (tertiary/aromatic N) is 1. The highest BCUT2D eigenvalue weighted by molar-refractivity contribution is 5.67. The smallest absolute Gasteiger partial charge is 0.307 e. The highest BCUT2D eigenvalue weighted by atomic mass is 16.5. The summed E-state index contributed by atoms with van der Waals surface area (Å²) in [5, 5.41) is 0. The largest absolute Gasteiger partial charge is 0.452 e.